The Labute approximate surface area is 219 Å². The van der Waals surface area contributed by atoms with Crippen molar-refractivity contribution in [2.24, 2.45) is 5.73 Å². The van der Waals surface area contributed by atoms with Gasteiger partial charge < -0.3 is 19.9 Å². The molecule has 1 fully saturated rings. The molecular weight excluding hydrogens is 494 g/mol. The first-order valence-corrected chi connectivity index (χ1v) is 12.2. The minimum Gasteiger partial charge on any atom is -0.490 e. The van der Waals surface area contributed by atoms with Crippen LogP contribution in [0.5, 0.6) is 17.2 Å². The number of nitrogens with zero attached hydrogens (tertiary/aromatic N) is 4. The molecule has 0 unspecified atom stereocenters. The summed E-state index contributed by atoms with van der Waals surface area (Å²) in [5.74, 6) is 2.40. The van der Waals surface area contributed by atoms with Crippen molar-refractivity contribution in [1.29, 1.82) is 0 Å². The van der Waals surface area contributed by atoms with E-state index in [1.165, 1.54) is 4.80 Å². The number of halogens is 1. The van der Waals surface area contributed by atoms with Crippen LogP contribution in [0.15, 0.2) is 73.2 Å². The number of amides is 1. The Kier molecular flexibility index (Phi) is 6.71. The Balaban J connectivity index is 1.21. The molecule has 2 heterocycles. The summed E-state index contributed by atoms with van der Waals surface area (Å²) in [7, 11) is 0. The molecule has 10 heteroatoms. The number of benzene rings is 2. The van der Waals surface area contributed by atoms with Crippen LogP contribution in [0.25, 0.3) is 5.82 Å². The number of hydrogen-bond acceptors (Lipinski definition) is 7. The molecule has 0 atom stereocenters. The average molecular weight is 520 g/mol. The van der Waals surface area contributed by atoms with Crippen LogP contribution in [-0.2, 0) is 10.2 Å². The highest BCUT2D eigenvalue weighted by atomic mass is 35.5. The molecule has 0 radical (unpaired) electrons. The Morgan fingerprint density at radius 2 is 1.54 bits per heavy atom. The molecule has 0 saturated heterocycles. The predicted molar refractivity (Wildman–Crippen MR) is 137 cm³/mol. The van der Waals surface area contributed by atoms with Crippen molar-refractivity contribution in [3.63, 3.8) is 0 Å². The van der Waals surface area contributed by atoms with E-state index in [0.717, 1.165) is 16.9 Å². The van der Waals surface area contributed by atoms with E-state index in [1.807, 2.05) is 36.4 Å². The van der Waals surface area contributed by atoms with E-state index >= 15 is 0 Å². The van der Waals surface area contributed by atoms with Crippen molar-refractivity contribution in [1.82, 2.24) is 20.0 Å². The van der Waals surface area contributed by atoms with Crippen molar-refractivity contribution < 1.29 is 19.0 Å². The van der Waals surface area contributed by atoms with Gasteiger partial charge in [-0.05, 0) is 35.4 Å². The quantitative estimate of drug-likeness (QED) is 0.329. The number of carbonyl (C=O) groups is 1. The van der Waals surface area contributed by atoms with Gasteiger partial charge in [0.25, 0.3) is 0 Å². The number of pyridine rings is 1. The minimum absolute atomic E-state index is 0.0271. The number of rotatable bonds is 8. The first kappa shape index (κ1) is 24.6. The summed E-state index contributed by atoms with van der Waals surface area (Å²) in [4.78, 5) is 16.5. The van der Waals surface area contributed by atoms with E-state index in [2.05, 4.69) is 41.2 Å². The third-order valence-corrected chi connectivity index (χ3v) is 6.71. The van der Waals surface area contributed by atoms with Crippen LogP contribution in [0.1, 0.15) is 37.8 Å². The summed E-state index contributed by atoms with van der Waals surface area (Å²) < 4.78 is 16.9. The summed E-state index contributed by atoms with van der Waals surface area (Å²) >= 11 is 6.34. The third kappa shape index (κ3) is 5.51. The molecule has 37 heavy (non-hydrogen) atoms. The van der Waals surface area contributed by atoms with Gasteiger partial charge in [0.15, 0.2) is 5.82 Å². The second-order valence-corrected chi connectivity index (χ2v) is 9.75. The van der Waals surface area contributed by atoms with Gasteiger partial charge in [0, 0.05) is 24.3 Å². The Morgan fingerprint density at radius 1 is 0.946 bits per heavy atom. The predicted octanol–water partition coefficient (Wildman–Crippen LogP) is 5.44. The molecule has 2 N–H and O–H groups in total. The van der Waals surface area contributed by atoms with Crippen molar-refractivity contribution in [3.8, 4) is 23.1 Å². The van der Waals surface area contributed by atoms with Gasteiger partial charge >= 0.3 is 6.09 Å². The summed E-state index contributed by atoms with van der Waals surface area (Å²) in [5.41, 5.74) is 7.10. The van der Waals surface area contributed by atoms with Crippen LogP contribution in [-0.4, -0.2) is 38.3 Å². The lowest BCUT2D eigenvalue weighted by Crippen LogP contribution is -2.41. The summed E-state index contributed by atoms with van der Waals surface area (Å²) in [6.45, 7) is 4.34. The van der Waals surface area contributed by atoms with Gasteiger partial charge in [-0.3, -0.25) is 0 Å². The van der Waals surface area contributed by atoms with E-state index < -0.39 is 6.09 Å². The summed E-state index contributed by atoms with van der Waals surface area (Å²) in [5, 5.41) is 8.48. The van der Waals surface area contributed by atoms with Crippen LogP contribution in [0.2, 0.25) is 5.02 Å². The molecule has 0 spiro atoms. The fourth-order valence-electron chi connectivity index (χ4n) is 4.20. The van der Waals surface area contributed by atoms with Gasteiger partial charge in [-0.2, -0.15) is 10.2 Å². The highest BCUT2D eigenvalue weighted by Crippen LogP contribution is 2.35. The summed E-state index contributed by atoms with van der Waals surface area (Å²) in [6.07, 6.45) is 5.14. The van der Waals surface area contributed by atoms with Crippen molar-refractivity contribution >= 4 is 17.7 Å². The average Bonchev–Trinajstić information content (AvgIpc) is 3.38. The van der Waals surface area contributed by atoms with Crippen molar-refractivity contribution in [2.45, 2.75) is 44.3 Å². The molecule has 1 aliphatic carbocycles. The lowest BCUT2D eigenvalue weighted by Gasteiger charge is -2.34. The molecule has 1 saturated carbocycles. The van der Waals surface area contributed by atoms with Gasteiger partial charge in [-0.25, -0.2) is 9.78 Å². The Hall–Kier alpha value is -4.11. The number of hydrogen-bond donors (Lipinski definition) is 1. The number of aromatic nitrogens is 4. The van der Waals surface area contributed by atoms with E-state index in [9.17, 15) is 4.79 Å². The zero-order valence-electron chi connectivity index (χ0n) is 20.4. The second-order valence-electron chi connectivity index (χ2n) is 9.34. The molecule has 1 aliphatic rings. The first-order valence-electron chi connectivity index (χ1n) is 11.8. The fraction of sp³-hybridized carbons (Fsp3) is 0.259. The molecular formula is C27H26ClN5O4. The van der Waals surface area contributed by atoms with E-state index in [1.54, 1.807) is 24.7 Å². The normalized spacial score (nSPS) is 17.1. The highest BCUT2D eigenvalue weighted by Gasteiger charge is 2.33. The van der Waals surface area contributed by atoms with Gasteiger partial charge in [-0.1, -0.05) is 49.7 Å². The molecule has 4 aromatic rings. The fourth-order valence-corrected chi connectivity index (χ4v) is 4.43. The maximum absolute atomic E-state index is 10.8. The Morgan fingerprint density at radius 3 is 2.11 bits per heavy atom. The SMILES string of the molecule is CC(C)(c1ccc(Oc2cnc(-n3nccn3)c(Cl)c2)cc1)c1ccc(OC2CC(OC(N)=O)C2)cc1. The standard InChI is InChI=1S/C27H26ClN5O4/c1-27(2,17-3-7-19(8-4-17)35-21-13-22(14-21)37-26(29)34)18-5-9-20(10-6-18)36-23-15-24(28)25(30-16-23)33-31-11-12-32-33/h3-12,15-16,21-22H,13-14H2,1-2H3,(H2,29,34). The summed E-state index contributed by atoms with van der Waals surface area (Å²) in [6, 6.07) is 17.7. The lowest BCUT2D eigenvalue weighted by molar-refractivity contribution is -0.0197. The first-order chi connectivity index (χ1) is 17.8. The molecule has 5 rings (SSSR count). The highest BCUT2D eigenvalue weighted by molar-refractivity contribution is 6.32. The van der Waals surface area contributed by atoms with E-state index in [0.29, 0.717) is 35.2 Å². The third-order valence-electron chi connectivity index (χ3n) is 6.43. The van der Waals surface area contributed by atoms with Crippen LogP contribution >= 0.6 is 11.6 Å². The van der Waals surface area contributed by atoms with Crippen LogP contribution < -0.4 is 15.2 Å². The molecule has 2 aromatic carbocycles. The minimum atomic E-state index is -0.742. The van der Waals surface area contributed by atoms with Gasteiger partial charge in [0.2, 0.25) is 0 Å². The van der Waals surface area contributed by atoms with Gasteiger partial charge in [0.1, 0.15) is 29.5 Å². The Bertz CT molecular complexity index is 1370. The zero-order chi connectivity index (χ0) is 26.0. The molecule has 0 bridgehead atoms. The lowest BCUT2D eigenvalue weighted by atomic mass is 9.78. The number of primary amides is 1. The number of ether oxygens (including phenoxy) is 3. The van der Waals surface area contributed by atoms with Crippen molar-refractivity contribution in [2.75, 3.05) is 0 Å². The van der Waals surface area contributed by atoms with Crippen molar-refractivity contribution in [3.05, 3.63) is 89.3 Å². The number of carbonyl (C=O) groups excluding carboxylic acids is 1. The molecule has 9 nitrogen and oxygen atoms in total. The molecule has 1 amide bonds. The van der Waals surface area contributed by atoms with E-state index in [4.69, 9.17) is 31.5 Å². The van der Waals surface area contributed by atoms with E-state index in [-0.39, 0.29) is 17.6 Å². The molecule has 0 aliphatic heterocycles. The monoisotopic (exact) mass is 519 g/mol. The molecule has 190 valence electrons. The largest absolute Gasteiger partial charge is 0.490 e. The zero-order valence-corrected chi connectivity index (χ0v) is 21.1. The van der Waals surface area contributed by atoms with Gasteiger partial charge in [0.05, 0.1) is 23.6 Å². The van der Waals surface area contributed by atoms with Crippen LogP contribution in [0, 0.1) is 0 Å². The topological polar surface area (TPSA) is 114 Å². The smallest absolute Gasteiger partial charge is 0.404 e. The second kappa shape index (κ2) is 10.1. The van der Waals surface area contributed by atoms with Gasteiger partial charge in [-0.15, -0.1) is 4.80 Å². The number of nitrogens with two attached hydrogens (primary N) is 1. The molecule has 2 aromatic heterocycles. The van der Waals surface area contributed by atoms with Crippen LogP contribution in [0.4, 0.5) is 4.79 Å². The van der Waals surface area contributed by atoms with Crippen LogP contribution in [0.3, 0.4) is 0 Å². The maximum atomic E-state index is 10.8. The maximum Gasteiger partial charge on any atom is 0.404 e.